The Morgan fingerprint density at radius 3 is 1.78 bits per heavy atom. The first-order chi connectivity index (χ1) is 24.3. The van der Waals surface area contributed by atoms with Crippen molar-refractivity contribution in [1.82, 2.24) is 14.5 Å². The van der Waals surface area contributed by atoms with E-state index in [0.717, 1.165) is 44.6 Å². The fraction of sp³-hybridized carbons (Fsp3) is 0. The van der Waals surface area contributed by atoms with Crippen LogP contribution < -0.4 is 0 Å². The van der Waals surface area contributed by atoms with Crippen LogP contribution in [-0.4, -0.2) is 14.5 Å². The van der Waals surface area contributed by atoms with Crippen molar-refractivity contribution in [2.75, 3.05) is 0 Å². The first-order valence-corrected chi connectivity index (χ1v) is 16.8. The molecule has 2 aromatic heterocycles. The molecule has 0 saturated heterocycles. The lowest BCUT2D eigenvalue weighted by molar-refractivity contribution is 1.17. The van der Waals surface area contributed by atoms with E-state index in [9.17, 15) is 0 Å². The summed E-state index contributed by atoms with van der Waals surface area (Å²) in [5.41, 5.74) is 7.46. The molecule has 9 aromatic carbocycles. The molecule has 0 atom stereocenters. The normalized spacial score (nSPS) is 12.1. The summed E-state index contributed by atoms with van der Waals surface area (Å²) in [4.78, 5) is 10.5. The second kappa shape index (κ2) is 9.96. The van der Waals surface area contributed by atoms with Crippen molar-refractivity contribution in [3.05, 3.63) is 164 Å². The van der Waals surface area contributed by atoms with Crippen molar-refractivity contribution >= 4 is 75.8 Å². The smallest absolute Gasteiger partial charge is 0.160 e. The van der Waals surface area contributed by atoms with Crippen LogP contribution in [0.5, 0.6) is 0 Å². The van der Waals surface area contributed by atoms with Gasteiger partial charge in [-0.2, -0.15) is 0 Å². The van der Waals surface area contributed by atoms with Crippen LogP contribution in [0.25, 0.3) is 104 Å². The standard InChI is InChI=1S/C46H27N3/c1-2-13-30(14-3-1)44-38-26-24-29-12-5-7-18-34(29)45(38)48-46(47-44)31-15-8-16-32(27-31)49-39-21-9-19-35-36-25-23-28-11-4-6-17-33(28)41(36)37-20-10-22-40(49)43(37)42(35)39/h1-27H. The van der Waals surface area contributed by atoms with Gasteiger partial charge in [0.2, 0.25) is 0 Å². The summed E-state index contributed by atoms with van der Waals surface area (Å²) in [6.45, 7) is 0. The number of aromatic nitrogens is 3. The van der Waals surface area contributed by atoms with E-state index in [-0.39, 0.29) is 0 Å². The Bertz CT molecular complexity index is 3100. The summed E-state index contributed by atoms with van der Waals surface area (Å²) in [5.74, 6) is 0.717. The molecule has 0 aliphatic heterocycles. The number of fused-ring (bicyclic) bond motifs is 8. The summed E-state index contributed by atoms with van der Waals surface area (Å²) in [7, 11) is 0. The van der Waals surface area contributed by atoms with Gasteiger partial charge in [-0.25, -0.2) is 9.97 Å². The van der Waals surface area contributed by atoms with E-state index in [0.29, 0.717) is 0 Å². The Labute approximate surface area is 281 Å². The molecule has 3 heteroatoms. The maximum absolute atomic E-state index is 5.28. The van der Waals surface area contributed by atoms with E-state index in [1.165, 1.54) is 59.5 Å². The van der Waals surface area contributed by atoms with Crippen LogP contribution in [0.15, 0.2) is 164 Å². The molecule has 49 heavy (non-hydrogen) atoms. The highest BCUT2D eigenvalue weighted by Crippen LogP contribution is 2.45. The zero-order valence-electron chi connectivity index (χ0n) is 26.4. The van der Waals surface area contributed by atoms with Gasteiger partial charge >= 0.3 is 0 Å². The summed E-state index contributed by atoms with van der Waals surface area (Å²) in [5, 5.41) is 13.7. The predicted octanol–water partition coefficient (Wildman–Crippen LogP) is 12.1. The first kappa shape index (κ1) is 26.5. The highest BCUT2D eigenvalue weighted by molar-refractivity contribution is 6.37. The number of rotatable bonds is 3. The molecule has 0 radical (unpaired) electrons. The highest BCUT2D eigenvalue weighted by atomic mass is 15.0. The molecular weight excluding hydrogens is 595 g/mol. The van der Waals surface area contributed by atoms with Crippen LogP contribution in [0.4, 0.5) is 0 Å². The van der Waals surface area contributed by atoms with E-state index in [4.69, 9.17) is 9.97 Å². The van der Waals surface area contributed by atoms with Crippen LogP contribution in [-0.2, 0) is 0 Å². The lowest BCUT2D eigenvalue weighted by Gasteiger charge is -2.13. The van der Waals surface area contributed by atoms with Gasteiger partial charge in [-0.05, 0) is 68.0 Å². The Morgan fingerprint density at radius 1 is 0.367 bits per heavy atom. The van der Waals surface area contributed by atoms with Crippen molar-refractivity contribution in [3.63, 3.8) is 0 Å². The lowest BCUT2D eigenvalue weighted by atomic mass is 9.91. The van der Waals surface area contributed by atoms with E-state index in [1.54, 1.807) is 0 Å². The van der Waals surface area contributed by atoms with Crippen LogP contribution in [0.2, 0.25) is 0 Å². The second-order valence-electron chi connectivity index (χ2n) is 12.9. The maximum atomic E-state index is 5.28. The fourth-order valence-corrected chi connectivity index (χ4v) is 8.20. The van der Waals surface area contributed by atoms with Crippen molar-refractivity contribution < 1.29 is 0 Å². The third-order valence-corrected chi connectivity index (χ3v) is 10.3. The van der Waals surface area contributed by atoms with Gasteiger partial charge in [-0.1, -0.05) is 133 Å². The molecule has 226 valence electrons. The molecular formula is C46H27N3. The average molecular weight is 622 g/mol. The van der Waals surface area contributed by atoms with Gasteiger partial charge in [-0.3, -0.25) is 0 Å². The summed E-state index contributed by atoms with van der Waals surface area (Å²) < 4.78 is 2.42. The van der Waals surface area contributed by atoms with E-state index in [2.05, 4.69) is 162 Å². The minimum Gasteiger partial charge on any atom is -0.309 e. The Balaban J connectivity index is 1.20. The molecule has 0 spiro atoms. The molecule has 11 aromatic rings. The molecule has 0 N–H and O–H groups in total. The predicted molar refractivity (Wildman–Crippen MR) is 206 cm³/mol. The fourth-order valence-electron chi connectivity index (χ4n) is 8.20. The van der Waals surface area contributed by atoms with E-state index >= 15 is 0 Å². The summed E-state index contributed by atoms with van der Waals surface area (Å²) in [6, 6.07) is 58.8. The Morgan fingerprint density at radius 2 is 0.959 bits per heavy atom. The van der Waals surface area contributed by atoms with Crippen LogP contribution in [0.3, 0.4) is 0 Å². The van der Waals surface area contributed by atoms with Gasteiger partial charge in [0.15, 0.2) is 5.82 Å². The van der Waals surface area contributed by atoms with Crippen LogP contribution in [0.1, 0.15) is 0 Å². The number of benzene rings is 9. The van der Waals surface area contributed by atoms with E-state index < -0.39 is 0 Å². The van der Waals surface area contributed by atoms with Crippen LogP contribution in [0, 0.1) is 0 Å². The van der Waals surface area contributed by atoms with Crippen LogP contribution >= 0.6 is 0 Å². The summed E-state index contributed by atoms with van der Waals surface area (Å²) in [6.07, 6.45) is 0. The molecule has 2 heterocycles. The monoisotopic (exact) mass is 621 g/mol. The minimum atomic E-state index is 0.717. The van der Waals surface area contributed by atoms with Gasteiger partial charge in [0, 0.05) is 38.4 Å². The van der Waals surface area contributed by atoms with Gasteiger partial charge in [0.05, 0.1) is 22.2 Å². The van der Waals surface area contributed by atoms with Crippen molar-refractivity contribution in [2.24, 2.45) is 0 Å². The molecule has 0 saturated carbocycles. The largest absolute Gasteiger partial charge is 0.309 e. The number of nitrogens with zero attached hydrogens (tertiary/aromatic N) is 3. The molecule has 3 nitrogen and oxygen atoms in total. The summed E-state index contributed by atoms with van der Waals surface area (Å²) >= 11 is 0. The molecule has 0 bridgehead atoms. The quantitative estimate of drug-likeness (QED) is 0.184. The number of hydrogen-bond donors (Lipinski definition) is 0. The zero-order chi connectivity index (χ0) is 32.1. The van der Waals surface area contributed by atoms with Gasteiger partial charge in [-0.15, -0.1) is 0 Å². The van der Waals surface area contributed by atoms with Crippen molar-refractivity contribution in [3.8, 4) is 28.3 Å². The minimum absolute atomic E-state index is 0.717. The average Bonchev–Trinajstić information content (AvgIpc) is 3.52. The second-order valence-corrected chi connectivity index (χ2v) is 12.9. The third kappa shape index (κ3) is 3.73. The molecule has 11 rings (SSSR count). The third-order valence-electron chi connectivity index (χ3n) is 10.3. The Hall–Kier alpha value is -6.58. The highest BCUT2D eigenvalue weighted by Gasteiger charge is 2.21. The molecule has 0 fully saturated rings. The molecule has 0 aliphatic rings. The molecule has 0 aliphatic carbocycles. The SMILES string of the molecule is c1ccc(-c2nc(-c3cccc(-n4c5cccc6c7ccc8ccccc8c7c7cccc4c7c65)c3)nc3c2ccc2ccccc23)cc1. The van der Waals surface area contributed by atoms with Gasteiger partial charge in [0.1, 0.15) is 0 Å². The Kier molecular flexibility index (Phi) is 5.38. The molecule has 0 amide bonds. The number of hydrogen-bond acceptors (Lipinski definition) is 2. The van der Waals surface area contributed by atoms with Gasteiger partial charge < -0.3 is 4.57 Å². The topological polar surface area (TPSA) is 30.7 Å². The molecule has 0 unspecified atom stereocenters. The van der Waals surface area contributed by atoms with Crippen molar-refractivity contribution in [2.45, 2.75) is 0 Å². The van der Waals surface area contributed by atoms with E-state index in [1.807, 2.05) is 6.07 Å². The first-order valence-electron chi connectivity index (χ1n) is 16.8. The zero-order valence-corrected chi connectivity index (χ0v) is 26.4. The van der Waals surface area contributed by atoms with Gasteiger partial charge in [0.25, 0.3) is 0 Å². The maximum Gasteiger partial charge on any atom is 0.160 e. The van der Waals surface area contributed by atoms with Crippen molar-refractivity contribution in [1.29, 1.82) is 0 Å². The lowest BCUT2D eigenvalue weighted by Crippen LogP contribution is -1.98.